The Kier molecular flexibility index (Phi) is 5.44. The molecule has 25 heavy (non-hydrogen) atoms. The summed E-state index contributed by atoms with van der Waals surface area (Å²) >= 11 is 0. The minimum Gasteiger partial charge on any atom is -0.342 e. The maximum Gasteiger partial charge on any atom is 0.405 e. The number of aromatic nitrogens is 1. The van der Waals surface area contributed by atoms with Gasteiger partial charge < -0.3 is 9.88 Å². The van der Waals surface area contributed by atoms with E-state index in [-0.39, 0.29) is 23.0 Å². The molecule has 0 saturated heterocycles. The van der Waals surface area contributed by atoms with Crippen LogP contribution in [0.2, 0.25) is 0 Å². The number of amides is 1. The number of hydrogen-bond acceptors (Lipinski definition) is 2. The molecular weight excluding hydrogens is 347 g/mol. The normalized spacial score (nSPS) is 11.8. The van der Waals surface area contributed by atoms with Crippen LogP contribution in [0.4, 0.5) is 22.0 Å². The highest BCUT2D eigenvalue weighted by Crippen LogP contribution is 2.18. The number of nitrogens with zero attached hydrogens (tertiary/aromatic N) is 1. The number of fused-ring (bicyclic) bond motifs is 1. The largest absolute Gasteiger partial charge is 0.405 e. The average molecular weight is 362 g/mol. The molecule has 9 heteroatoms. The summed E-state index contributed by atoms with van der Waals surface area (Å²) in [6.45, 7) is 0.327. The molecule has 1 amide bonds. The third-order valence-corrected chi connectivity index (χ3v) is 3.57. The number of hydrogen-bond donors (Lipinski definition) is 1. The lowest BCUT2D eigenvalue weighted by atomic mass is 10.1. The van der Waals surface area contributed by atoms with Gasteiger partial charge in [-0.1, -0.05) is 13.3 Å². The molecule has 0 bridgehead atoms. The Morgan fingerprint density at radius 3 is 2.40 bits per heavy atom. The Labute approximate surface area is 139 Å². The quantitative estimate of drug-likeness (QED) is 0.830. The van der Waals surface area contributed by atoms with Gasteiger partial charge in [0.05, 0.1) is 5.39 Å². The van der Waals surface area contributed by atoms with E-state index in [4.69, 9.17) is 0 Å². The Morgan fingerprint density at radius 1 is 1.16 bits per heavy atom. The van der Waals surface area contributed by atoms with Gasteiger partial charge >= 0.3 is 6.18 Å². The van der Waals surface area contributed by atoms with Crippen LogP contribution in [0.25, 0.3) is 10.8 Å². The van der Waals surface area contributed by atoms with Crippen LogP contribution in [0.15, 0.2) is 23.0 Å². The summed E-state index contributed by atoms with van der Waals surface area (Å²) in [5.74, 6) is -3.56. The van der Waals surface area contributed by atoms with Crippen LogP contribution in [0.5, 0.6) is 0 Å². The third kappa shape index (κ3) is 4.34. The highest BCUT2D eigenvalue weighted by atomic mass is 19.4. The van der Waals surface area contributed by atoms with Crippen molar-refractivity contribution in [3.63, 3.8) is 0 Å². The van der Waals surface area contributed by atoms with E-state index >= 15 is 0 Å². The topological polar surface area (TPSA) is 51.1 Å². The number of carbonyl (C=O) groups excluding carboxylic acids is 1. The number of unbranched alkanes of at least 4 members (excludes halogenated alkanes) is 1. The zero-order valence-corrected chi connectivity index (χ0v) is 13.2. The van der Waals surface area contributed by atoms with Gasteiger partial charge in [-0.05, 0) is 30.0 Å². The van der Waals surface area contributed by atoms with Crippen molar-refractivity contribution in [2.24, 2.45) is 0 Å². The Balaban J connectivity index is 2.57. The molecule has 0 fully saturated rings. The first-order valence-electron chi connectivity index (χ1n) is 7.51. The van der Waals surface area contributed by atoms with E-state index in [1.165, 1.54) is 0 Å². The third-order valence-electron chi connectivity index (χ3n) is 3.57. The van der Waals surface area contributed by atoms with Crippen molar-refractivity contribution in [1.29, 1.82) is 0 Å². The second-order valence-corrected chi connectivity index (χ2v) is 5.49. The first kappa shape index (κ1) is 18.9. The van der Waals surface area contributed by atoms with Crippen molar-refractivity contribution in [3.8, 4) is 0 Å². The number of halogens is 5. The molecule has 0 aliphatic carbocycles. The maximum absolute atomic E-state index is 13.4. The molecule has 0 aliphatic heterocycles. The number of alkyl halides is 3. The average Bonchev–Trinajstić information content (AvgIpc) is 2.53. The van der Waals surface area contributed by atoms with E-state index in [9.17, 15) is 31.5 Å². The van der Waals surface area contributed by atoms with Crippen LogP contribution < -0.4 is 10.9 Å². The molecule has 0 atom stereocenters. The van der Waals surface area contributed by atoms with E-state index in [2.05, 4.69) is 0 Å². The standard InChI is InChI=1S/C16H15F5N2O2/c1-2-3-4-23-13(14(24)22-8-16(19,20)21)6-9-5-11(17)12(18)7-10(9)15(23)25/h5-7H,2-4,8H2,1H3,(H,22,24). The van der Waals surface area contributed by atoms with E-state index in [0.29, 0.717) is 18.9 Å². The van der Waals surface area contributed by atoms with Crippen molar-refractivity contribution in [1.82, 2.24) is 9.88 Å². The summed E-state index contributed by atoms with van der Waals surface area (Å²) in [7, 11) is 0. The minimum absolute atomic E-state index is 0.0613. The molecule has 136 valence electrons. The zero-order valence-electron chi connectivity index (χ0n) is 13.2. The van der Waals surface area contributed by atoms with E-state index < -0.39 is 35.8 Å². The number of benzene rings is 1. The van der Waals surface area contributed by atoms with Gasteiger partial charge in [0, 0.05) is 6.54 Å². The maximum atomic E-state index is 13.4. The summed E-state index contributed by atoms with van der Waals surface area (Å²) in [5, 5.41) is 1.47. The minimum atomic E-state index is -4.61. The number of pyridine rings is 1. The lowest BCUT2D eigenvalue weighted by Crippen LogP contribution is -2.37. The lowest BCUT2D eigenvalue weighted by molar-refractivity contribution is -0.123. The summed E-state index contributed by atoms with van der Waals surface area (Å²) < 4.78 is 64.6. The van der Waals surface area contributed by atoms with Crippen molar-refractivity contribution in [3.05, 3.63) is 45.9 Å². The molecule has 1 N–H and O–H groups in total. The van der Waals surface area contributed by atoms with Gasteiger partial charge in [-0.2, -0.15) is 13.2 Å². The summed E-state index contributed by atoms with van der Waals surface area (Å²) in [6, 6.07) is 2.53. The Bertz CT molecular complexity index is 858. The van der Waals surface area contributed by atoms with Gasteiger partial charge in [-0.25, -0.2) is 8.78 Å². The van der Waals surface area contributed by atoms with E-state index in [0.717, 1.165) is 16.7 Å². The molecule has 2 rings (SSSR count). The van der Waals surface area contributed by atoms with Gasteiger partial charge in [0.25, 0.3) is 11.5 Å². The lowest BCUT2D eigenvalue weighted by Gasteiger charge is -2.15. The van der Waals surface area contributed by atoms with Crippen molar-refractivity contribution in [2.45, 2.75) is 32.5 Å². The molecule has 1 aromatic heterocycles. The van der Waals surface area contributed by atoms with Crippen molar-refractivity contribution >= 4 is 16.7 Å². The second-order valence-electron chi connectivity index (χ2n) is 5.49. The predicted octanol–water partition coefficient (Wildman–Crippen LogP) is 3.37. The second kappa shape index (κ2) is 7.20. The molecule has 0 saturated carbocycles. The summed E-state index contributed by atoms with van der Waals surface area (Å²) in [4.78, 5) is 24.6. The fraction of sp³-hybridized carbons (Fsp3) is 0.375. The van der Waals surface area contributed by atoms with Gasteiger partial charge in [-0.3, -0.25) is 9.59 Å². The first-order valence-corrected chi connectivity index (χ1v) is 7.51. The highest BCUT2D eigenvalue weighted by molar-refractivity contribution is 5.96. The molecule has 1 aromatic carbocycles. The first-order chi connectivity index (χ1) is 11.6. The van der Waals surface area contributed by atoms with E-state index in [1.807, 2.05) is 6.92 Å². The predicted molar refractivity (Wildman–Crippen MR) is 81.4 cm³/mol. The number of rotatable bonds is 5. The van der Waals surface area contributed by atoms with Crippen LogP contribution in [-0.2, 0) is 6.54 Å². The molecule has 0 radical (unpaired) electrons. The Morgan fingerprint density at radius 2 is 1.80 bits per heavy atom. The van der Waals surface area contributed by atoms with Crippen LogP contribution in [0.3, 0.4) is 0 Å². The highest BCUT2D eigenvalue weighted by Gasteiger charge is 2.28. The number of nitrogens with one attached hydrogen (secondary N) is 1. The molecule has 1 heterocycles. The van der Waals surface area contributed by atoms with Crippen molar-refractivity contribution in [2.75, 3.05) is 6.54 Å². The molecule has 4 nitrogen and oxygen atoms in total. The van der Waals surface area contributed by atoms with Crippen LogP contribution in [0.1, 0.15) is 30.3 Å². The number of carbonyl (C=O) groups is 1. The van der Waals surface area contributed by atoms with Gasteiger partial charge in [0.2, 0.25) is 0 Å². The van der Waals surface area contributed by atoms with Gasteiger partial charge in [0.15, 0.2) is 11.6 Å². The molecule has 0 aliphatic rings. The Hall–Kier alpha value is -2.45. The molecule has 0 spiro atoms. The fourth-order valence-electron chi connectivity index (χ4n) is 2.34. The summed E-state index contributed by atoms with van der Waals surface area (Å²) in [6.07, 6.45) is -3.48. The van der Waals surface area contributed by atoms with Crippen LogP contribution in [0, 0.1) is 11.6 Å². The monoisotopic (exact) mass is 362 g/mol. The SMILES string of the molecule is CCCCn1c(C(=O)NCC(F)(F)F)cc2cc(F)c(F)cc2c1=O. The zero-order chi connectivity index (χ0) is 18.8. The summed E-state index contributed by atoms with van der Waals surface area (Å²) in [5.41, 5.74) is -1.09. The van der Waals surface area contributed by atoms with Gasteiger partial charge in [-0.15, -0.1) is 0 Å². The van der Waals surface area contributed by atoms with E-state index in [1.54, 1.807) is 5.32 Å². The van der Waals surface area contributed by atoms with Crippen LogP contribution >= 0.6 is 0 Å². The molecule has 2 aromatic rings. The molecular formula is C16H15F5N2O2. The van der Waals surface area contributed by atoms with Crippen LogP contribution in [-0.4, -0.2) is 23.2 Å². The van der Waals surface area contributed by atoms with Gasteiger partial charge in [0.1, 0.15) is 12.2 Å². The molecule has 0 unspecified atom stereocenters. The smallest absolute Gasteiger partial charge is 0.342 e. The fourth-order valence-corrected chi connectivity index (χ4v) is 2.34. The van der Waals surface area contributed by atoms with Crippen molar-refractivity contribution < 1.29 is 26.7 Å².